The van der Waals surface area contributed by atoms with E-state index in [9.17, 15) is 19.2 Å². The molecule has 312 valence electrons. The van der Waals surface area contributed by atoms with Gasteiger partial charge in [-0.2, -0.15) is 0 Å². The number of unbranched alkanes of at least 4 members (excludes halogenated alkanes) is 2. The van der Waals surface area contributed by atoms with E-state index in [2.05, 4.69) is 26.0 Å². The van der Waals surface area contributed by atoms with Gasteiger partial charge in [-0.3, -0.25) is 0 Å². The molecule has 3 heterocycles. The number of carbonyl (C=O) groups excluding carboxylic acids is 4. The second kappa shape index (κ2) is 17.3. The van der Waals surface area contributed by atoms with Crippen molar-refractivity contribution in [1.29, 1.82) is 0 Å². The summed E-state index contributed by atoms with van der Waals surface area (Å²) in [6.45, 7) is 8.73. The number of imide groups is 2. The standard InChI is InChI=1S/C38H36N2O10.2C4H9.Sn/c1-5-21(15-47-19-49-17-45-3)39-35(41)27-11-7-23-25-9-13-29-34-30(38(44)40(37(29)43)22(6-2)16-48-20-50-18-46-4)14-10-26(32(25)34)24-8-12-28(36(39)42)33(27)31(23)24;2*1-3-4-2;/h7,9,11-14,21-22H,5-6,15-20H2,1-4H3;2*1,3-4H2,2H3;. The predicted octanol–water partition coefficient (Wildman–Crippen LogP) is 7.15. The summed E-state index contributed by atoms with van der Waals surface area (Å²) in [7, 11) is 3.07. The quantitative estimate of drug-likeness (QED) is 0.0176. The van der Waals surface area contributed by atoms with E-state index < -0.39 is 30.5 Å². The number of ether oxygens (including phenoxy) is 6. The Morgan fingerprint density at radius 3 is 1.29 bits per heavy atom. The van der Waals surface area contributed by atoms with E-state index in [1.807, 2.05) is 38.1 Å². The van der Waals surface area contributed by atoms with E-state index in [0.717, 1.165) is 66.9 Å². The zero-order valence-corrected chi connectivity index (χ0v) is 37.8. The summed E-state index contributed by atoms with van der Waals surface area (Å²) >= 11 is -3.81. The Balaban J connectivity index is 1.36. The van der Waals surface area contributed by atoms with Gasteiger partial charge in [0.25, 0.3) is 0 Å². The van der Waals surface area contributed by atoms with Gasteiger partial charge in [0.2, 0.25) is 0 Å². The van der Waals surface area contributed by atoms with Gasteiger partial charge in [0, 0.05) is 14.2 Å². The fraction of sp³-hybridized carbons (Fsp3) is 0.478. The molecule has 4 amide bonds. The third kappa shape index (κ3) is 6.56. The molecule has 3 aliphatic rings. The van der Waals surface area contributed by atoms with Crippen LogP contribution in [0.25, 0.3) is 43.1 Å². The normalized spacial score (nSPS) is 16.7. The molecular formula is C46H54N2O10Sn. The molecule has 12 nitrogen and oxygen atoms in total. The summed E-state index contributed by atoms with van der Waals surface area (Å²) in [6, 6.07) is 11.1. The summed E-state index contributed by atoms with van der Waals surface area (Å²) in [5, 5.41) is 7.38. The van der Waals surface area contributed by atoms with Crippen LogP contribution in [0, 0.1) is 0 Å². The molecule has 0 fully saturated rings. The maximum absolute atomic E-state index is 15.0. The zero-order valence-electron chi connectivity index (χ0n) is 35.0. The molecule has 0 aromatic heterocycles. The van der Waals surface area contributed by atoms with Crippen LogP contribution >= 0.6 is 0 Å². The average molecular weight is 914 g/mol. The molecule has 59 heavy (non-hydrogen) atoms. The number of methoxy groups -OCH3 is 2. The molecule has 2 unspecified atom stereocenters. The Labute approximate surface area is 348 Å². The van der Waals surface area contributed by atoms with Crippen molar-refractivity contribution in [3.8, 4) is 0 Å². The van der Waals surface area contributed by atoms with Crippen molar-refractivity contribution in [1.82, 2.24) is 9.80 Å². The third-order valence-corrected chi connectivity index (χ3v) is 27.9. The number of nitrogens with zero attached hydrogens (tertiary/aromatic N) is 2. The number of fused-ring (bicyclic) bond motifs is 1. The Bertz CT molecular complexity index is 2300. The number of carbonyl (C=O) groups is 4. The van der Waals surface area contributed by atoms with Gasteiger partial charge in [0.1, 0.15) is 0 Å². The first-order chi connectivity index (χ1) is 28.7. The second-order valence-electron chi connectivity index (χ2n) is 16.1. The first-order valence-corrected chi connectivity index (χ1v) is 28.0. The summed E-state index contributed by atoms with van der Waals surface area (Å²) in [5.41, 5.74) is 2.12. The molecule has 0 aliphatic carbocycles. The number of benzene rings is 5. The molecule has 13 heteroatoms. The van der Waals surface area contributed by atoms with Crippen molar-refractivity contribution < 1.29 is 47.6 Å². The Morgan fingerprint density at radius 1 is 0.508 bits per heavy atom. The molecule has 2 atom stereocenters. The Morgan fingerprint density at radius 2 is 0.915 bits per heavy atom. The zero-order chi connectivity index (χ0) is 41.6. The topological polar surface area (TPSA) is 130 Å². The average Bonchev–Trinajstić information content (AvgIpc) is 3.52. The molecule has 0 bridgehead atoms. The molecule has 0 saturated carbocycles. The molecule has 0 radical (unpaired) electrons. The van der Waals surface area contributed by atoms with Crippen molar-refractivity contribution in [2.24, 2.45) is 0 Å². The minimum atomic E-state index is -3.81. The molecule has 3 aliphatic heterocycles. The van der Waals surface area contributed by atoms with Crippen LogP contribution in [-0.4, -0.2) is 118 Å². The number of hydrogen-bond donors (Lipinski definition) is 0. The van der Waals surface area contributed by atoms with Gasteiger partial charge in [-0.1, -0.05) is 0 Å². The molecule has 0 spiro atoms. The fourth-order valence-corrected chi connectivity index (χ4v) is 26.8. The number of rotatable bonds is 22. The van der Waals surface area contributed by atoms with Crippen LogP contribution in [0.5, 0.6) is 0 Å². The Kier molecular flexibility index (Phi) is 12.3. The third-order valence-electron chi connectivity index (χ3n) is 12.9. The predicted molar refractivity (Wildman–Crippen MR) is 229 cm³/mol. The van der Waals surface area contributed by atoms with Crippen LogP contribution in [0.1, 0.15) is 108 Å². The van der Waals surface area contributed by atoms with Gasteiger partial charge >= 0.3 is 336 Å². The molecular weight excluding hydrogens is 859 g/mol. The first-order valence-electron chi connectivity index (χ1n) is 21.1. The molecule has 5 aromatic carbocycles. The van der Waals surface area contributed by atoms with Gasteiger partial charge in [0.15, 0.2) is 0 Å². The van der Waals surface area contributed by atoms with E-state index in [1.165, 1.54) is 31.2 Å². The van der Waals surface area contributed by atoms with Crippen LogP contribution < -0.4 is 7.16 Å². The van der Waals surface area contributed by atoms with E-state index in [1.54, 1.807) is 0 Å². The van der Waals surface area contributed by atoms with Crippen molar-refractivity contribution in [2.75, 3.05) is 54.6 Å². The van der Waals surface area contributed by atoms with Crippen molar-refractivity contribution in [2.45, 2.75) is 87.2 Å². The first kappa shape index (κ1) is 42.0. The molecule has 0 saturated heterocycles. The van der Waals surface area contributed by atoms with Gasteiger partial charge in [0.05, 0.1) is 0 Å². The Hall–Kier alpha value is -3.76. The van der Waals surface area contributed by atoms with Crippen LogP contribution in [0.2, 0.25) is 8.87 Å². The minimum absolute atomic E-state index is 0.0200. The summed E-state index contributed by atoms with van der Waals surface area (Å²) < 4.78 is 36.8. The molecule has 0 N–H and O–H groups in total. The maximum atomic E-state index is 15.0. The van der Waals surface area contributed by atoms with Gasteiger partial charge < -0.3 is 0 Å². The van der Waals surface area contributed by atoms with Gasteiger partial charge in [-0.25, -0.2) is 0 Å². The van der Waals surface area contributed by atoms with Gasteiger partial charge in [-0.05, 0) is 0 Å². The summed E-state index contributed by atoms with van der Waals surface area (Å²) in [6.07, 6.45) is 5.10. The van der Waals surface area contributed by atoms with E-state index in [-0.39, 0.29) is 64.0 Å². The van der Waals surface area contributed by atoms with Crippen molar-refractivity contribution >= 4 is 92.3 Å². The van der Waals surface area contributed by atoms with Crippen LogP contribution in [0.15, 0.2) is 36.4 Å². The summed E-state index contributed by atoms with van der Waals surface area (Å²) in [5.74, 6) is -1.28. The van der Waals surface area contributed by atoms with Crippen LogP contribution in [-0.2, 0) is 28.4 Å². The van der Waals surface area contributed by atoms with E-state index >= 15 is 0 Å². The molecule has 5 aromatic rings. The summed E-state index contributed by atoms with van der Waals surface area (Å²) in [4.78, 5) is 61.9. The fourth-order valence-electron chi connectivity index (χ4n) is 10.2. The molecule has 8 rings (SSSR count). The van der Waals surface area contributed by atoms with Crippen molar-refractivity contribution in [3.63, 3.8) is 0 Å². The van der Waals surface area contributed by atoms with E-state index in [0.29, 0.717) is 45.9 Å². The van der Waals surface area contributed by atoms with Crippen molar-refractivity contribution in [3.05, 3.63) is 58.7 Å². The van der Waals surface area contributed by atoms with E-state index in [4.69, 9.17) is 28.4 Å². The monoisotopic (exact) mass is 914 g/mol. The van der Waals surface area contributed by atoms with Crippen LogP contribution in [0.4, 0.5) is 0 Å². The van der Waals surface area contributed by atoms with Crippen LogP contribution in [0.3, 0.4) is 0 Å². The second-order valence-corrected chi connectivity index (χ2v) is 28.2. The van der Waals surface area contributed by atoms with Gasteiger partial charge in [-0.15, -0.1) is 0 Å². The number of amides is 4. The number of hydrogen-bond acceptors (Lipinski definition) is 10. The SMILES string of the molecule is CCC[CH2][Sn]1([CH2]CCC)[c]2cc3c4c(ccc5c6ccc7c8c(c[c]1c(c2c45)c86)C(=O)N(C(CC)COCOCOC)C7=O)C(=O)N(C(CC)COCOCOC)C3=O.